The van der Waals surface area contributed by atoms with Gasteiger partial charge in [-0.05, 0) is 26.1 Å². The SMILES string of the molecule is CCNC(=O)c1c(N2CCN(C)CC2)c2cccnc2n2c(C(C)C)nnc12. The maximum absolute atomic E-state index is 13.2. The van der Waals surface area contributed by atoms with Crippen molar-refractivity contribution in [2.24, 2.45) is 0 Å². The van der Waals surface area contributed by atoms with Gasteiger partial charge >= 0.3 is 0 Å². The summed E-state index contributed by atoms with van der Waals surface area (Å²) in [6.07, 6.45) is 1.78. The van der Waals surface area contributed by atoms with Gasteiger partial charge in [-0.15, -0.1) is 10.2 Å². The largest absolute Gasteiger partial charge is 0.368 e. The Hall–Kier alpha value is -2.74. The Bertz CT molecular complexity index is 1020. The molecule has 0 aromatic carbocycles. The number of pyridine rings is 2. The van der Waals surface area contributed by atoms with E-state index in [1.54, 1.807) is 6.20 Å². The van der Waals surface area contributed by atoms with Crippen LogP contribution in [0.5, 0.6) is 0 Å². The molecule has 0 spiro atoms. The van der Waals surface area contributed by atoms with Crippen molar-refractivity contribution in [2.45, 2.75) is 26.7 Å². The third kappa shape index (κ3) is 2.97. The van der Waals surface area contributed by atoms with Crippen LogP contribution in [0, 0.1) is 0 Å². The minimum atomic E-state index is -0.116. The molecule has 1 N–H and O–H groups in total. The van der Waals surface area contributed by atoms with Gasteiger partial charge in [-0.3, -0.25) is 9.20 Å². The number of aromatic nitrogens is 4. The third-order valence-corrected chi connectivity index (χ3v) is 5.30. The van der Waals surface area contributed by atoms with Gasteiger partial charge in [-0.1, -0.05) is 13.8 Å². The maximum Gasteiger partial charge on any atom is 0.257 e. The molecule has 1 saturated heterocycles. The van der Waals surface area contributed by atoms with Gasteiger partial charge in [0.1, 0.15) is 17.0 Å². The van der Waals surface area contributed by atoms with Crippen LogP contribution in [0.4, 0.5) is 5.69 Å². The molecule has 1 fully saturated rings. The molecule has 8 nitrogen and oxygen atoms in total. The van der Waals surface area contributed by atoms with Gasteiger partial charge in [0.2, 0.25) is 0 Å². The minimum absolute atomic E-state index is 0.116. The highest BCUT2D eigenvalue weighted by Crippen LogP contribution is 2.35. The molecule has 0 bridgehead atoms. The van der Waals surface area contributed by atoms with Crippen molar-refractivity contribution in [3.63, 3.8) is 0 Å². The lowest BCUT2D eigenvalue weighted by Crippen LogP contribution is -2.45. The third-order valence-electron chi connectivity index (χ3n) is 5.30. The van der Waals surface area contributed by atoms with Crippen LogP contribution in [0.2, 0.25) is 0 Å². The van der Waals surface area contributed by atoms with Crippen molar-refractivity contribution < 1.29 is 4.79 Å². The number of anilines is 1. The van der Waals surface area contributed by atoms with Gasteiger partial charge in [-0.25, -0.2) is 4.98 Å². The number of amides is 1. The fraction of sp³-hybridized carbons (Fsp3) is 0.500. The Balaban J connectivity index is 2.07. The highest BCUT2D eigenvalue weighted by molar-refractivity contribution is 6.12. The van der Waals surface area contributed by atoms with Crippen LogP contribution in [0.25, 0.3) is 16.7 Å². The summed E-state index contributed by atoms with van der Waals surface area (Å²) >= 11 is 0. The number of nitrogens with one attached hydrogen (secondary N) is 1. The summed E-state index contributed by atoms with van der Waals surface area (Å²) in [6, 6.07) is 3.97. The normalized spacial score (nSPS) is 15.7. The zero-order chi connectivity index (χ0) is 19.8. The molecule has 0 aliphatic carbocycles. The monoisotopic (exact) mass is 381 g/mol. The number of carbonyl (C=O) groups is 1. The predicted octanol–water partition coefficient (Wildman–Crippen LogP) is 1.90. The van der Waals surface area contributed by atoms with Crippen LogP contribution < -0.4 is 10.2 Å². The predicted molar refractivity (Wildman–Crippen MR) is 110 cm³/mol. The first-order valence-corrected chi connectivity index (χ1v) is 9.90. The summed E-state index contributed by atoms with van der Waals surface area (Å²) in [4.78, 5) is 22.4. The molecule has 4 rings (SSSR count). The molecule has 0 radical (unpaired) electrons. The number of piperazine rings is 1. The molecule has 0 atom stereocenters. The standard InChI is InChI=1S/C20H27N7O/c1-5-21-20(28)15-16(26-11-9-25(4)10-12-26)14-7-6-8-22-18(14)27-17(13(2)3)23-24-19(15)27/h6-8,13H,5,9-12H2,1-4H3,(H,21,28). The highest BCUT2D eigenvalue weighted by atomic mass is 16.1. The van der Waals surface area contributed by atoms with Crippen LogP contribution in [0.3, 0.4) is 0 Å². The zero-order valence-corrected chi connectivity index (χ0v) is 16.9. The van der Waals surface area contributed by atoms with E-state index in [0.29, 0.717) is 17.8 Å². The van der Waals surface area contributed by atoms with Crippen molar-refractivity contribution >= 4 is 28.3 Å². The number of nitrogens with zero attached hydrogens (tertiary/aromatic N) is 6. The van der Waals surface area contributed by atoms with Gasteiger partial charge in [0.05, 0.1) is 5.69 Å². The first kappa shape index (κ1) is 18.6. The van der Waals surface area contributed by atoms with E-state index in [9.17, 15) is 4.79 Å². The molecule has 0 saturated carbocycles. The average Bonchev–Trinajstić information content (AvgIpc) is 3.13. The van der Waals surface area contributed by atoms with Gasteiger partial charge in [-0.2, -0.15) is 0 Å². The quantitative estimate of drug-likeness (QED) is 0.744. The van der Waals surface area contributed by atoms with Crippen LogP contribution in [-0.4, -0.2) is 70.2 Å². The fourth-order valence-electron chi connectivity index (χ4n) is 3.86. The molecule has 3 aromatic heterocycles. The van der Waals surface area contributed by atoms with Crippen LogP contribution >= 0.6 is 0 Å². The number of carbonyl (C=O) groups excluding carboxylic acids is 1. The van der Waals surface area contributed by atoms with E-state index in [0.717, 1.165) is 48.7 Å². The van der Waals surface area contributed by atoms with Gasteiger partial charge in [0.15, 0.2) is 5.65 Å². The summed E-state index contributed by atoms with van der Waals surface area (Å²) in [7, 11) is 2.12. The van der Waals surface area contributed by atoms with E-state index < -0.39 is 0 Å². The smallest absolute Gasteiger partial charge is 0.257 e. The lowest BCUT2D eigenvalue weighted by Gasteiger charge is -2.35. The van der Waals surface area contributed by atoms with Gasteiger partial charge < -0.3 is 15.1 Å². The van der Waals surface area contributed by atoms with Crippen molar-refractivity contribution in [3.05, 3.63) is 29.7 Å². The van der Waals surface area contributed by atoms with Gasteiger partial charge in [0.25, 0.3) is 5.91 Å². The molecular formula is C20H27N7O. The van der Waals surface area contributed by atoms with E-state index in [4.69, 9.17) is 0 Å². The summed E-state index contributed by atoms with van der Waals surface area (Å²) < 4.78 is 1.95. The van der Waals surface area contributed by atoms with Crippen molar-refractivity contribution in [2.75, 3.05) is 44.7 Å². The molecule has 1 amide bonds. The van der Waals surface area contributed by atoms with E-state index in [-0.39, 0.29) is 11.8 Å². The fourth-order valence-corrected chi connectivity index (χ4v) is 3.86. The van der Waals surface area contributed by atoms with Crippen LogP contribution in [-0.2, 0) is 0 Å². The Morgan fingerprint density at radius 2 is 1.93 bits per heavy atom. The van der Waals surface area contributed by atoms with Crippen LogP contribution in [0.15, 0.2) is 18.3 Å². The second kappa shape index (κ2) is 7.35. The Morgan fingerprint density at radius 3 is 2.61 bits per heavy atom. The van der Waals surface area contributed by atoms with E-state index in [1.807, 2.05) is 23.5 Å². The van der Waals surface area contributed by atoms with E-state index in [2.05, 4.69) is 51.2 Å². The first-order valence-electron chi connectivity index (χ1n) is 9.90. The lowest BCUT2D eigenvalue weighted by atomic mass is 10.1. The topological polar surface area (TPSA) is 78.7 Å². The molecule has 0 unspecified atom stereocenters. The summed E-state index contributed by atoms with van der Waals surface area (Å²) in [6.45, 7) is 10.2. The Kier molecular flexibility index (Phi) is 4.89. The van der Waals surface area contributed by atoms with Crippen molar-refractivity contribution in [1.29, 1.82) is 0 Å². The number of rotatable bonds is 4. The number of fused-ring (bicyclic) bond motifs is 3. The van der Waals surface area contributed by atoms with Crippen molar-refractivity contribution in [1.82, 2.24) is 29.8 Å². The van der Waals surface area contributed by atoms with Gasteiger partial charge in [0, 0.05) is 50.2 Å². The van der Waals surface area contributed by atoms with E-state index >= 15 is 0 Å². The molecule has 4 heterocycles. The molecular weight excluding hydrogens is 354 g/mol. The molecule has 1 aliphatic rings. The Labute approximate surface area is 164 Å². The zero-order valence-electron chi connectivity index (χ0n) is 16.9. The highest BCUT2D eigenvalue weighted by Gasteiger charge is 2.29. The lowest BCUT2D eigenvalue weighted by molar-refractivity contribution is 0.0957. The average molecular weight is 381 g/mol. The second-order valence-electron chi connectivity index (χ2n) is 7.62. The second-order valence-corrected chi connectivity index (χ2v) is 7.62. The number of hydrogen-bond acceptors (Lipinski definition) is 6. The number of hydrogen-bond donors (Lipinski definition) is 1. The maximum atomic E-state index is 13.2. The number of likely N-dealkylation sites (N-methyl/N-ethyl adjacent to an activating group) is 1. The first-order chi connectivity index (χ1) is 13.5. The summed E-state index contributed by atoms with van der Waals surface area (Å²) in [5.41, 5.74) is 2.88. The minimum Gasteiger partial charge on any atom is -0.368 e. The van der Waals surface area contributed by atoms with Crippen molar-refractivity contribution in [3.8, 4) is 0 Å². The molecule has 8 heteroatoms. The van der Waals surface area contributed by atoms with E-state index in [1.165, 1.54) is 0 Å². The van der Waals surface area contributed by atoms with Crippen LogP contribution in [0.1, 0.15) is 42.9 Å². The molecule has 28 heavy (non-hydrogen) atoms. The summed E-state index contributed by atoms with van der Waals surface area (Å²) in [5, 5.41) is 12.8. The summed E-state index contributed by atoms with van der Waals surface area (Å²) in [5.74, 6) is 0.862. The molecule has 3 aromatic rings. The Morgan fingerprint density at radius 1 is 1.18 bits per heavy atom. The molecule has 148 valence electrons. The molecule has 1 aliphatic heterocycles.